The summed E-state index contributed by atoms with van der Waals surface area (Å²) in [6.45, 7) is 3.91. The number of carbonyl (C=O) groups excluding carboxylic acids is 1. The molecule has 0 aliphatic carbocycles. The number of hydrogen-bond donors (Lipinski definition) is 3. The van der Waals surface area contributed by atoms with Crippen molar-refractivity contribution in [2.75, 3.05) is 63.1 Å². The summed E-state index contributed by atoms with van der Waals surface area (Å²) >= 11 is 6.10. The average molecular weight is 427 g/mol. The van der Waals surface area contributed by atoms with Crippen LogP contribution >= 0.6 is 11.6 Å². The van der Waals surface area contributed by atoms with Gasteiger partial charge in [0.15, 0.2) is 6.54 Å². The SMILES string of the molecule is CN1CC[N+](C)(CC(=O)Nc2cc(O)c(NS(C)(=O)=O)cc2Cl)CC1.[Cl-]. The molecule has 0 unspecified atom stereocenters. The molecule has 2 rings (SSSR count). The molecule has 1 aromatic carbocycles. The Morgan fingerprint density at radius 2 is 1.88 bits per heavy atom. The molecule has 0 atom stereocenters. The number of nitrogens with one attached hydrogen (secondary N) is 2. The lowest BCUT2D eigenvalue weighted by molar-refractivity contribution is -0.905. The number of phenolic OH excluding ortho intramolecular Hbond substituents is 1. The number of benzene rings is 1. The van der Waals surface area contributed by atoms with Crippen LogP contribution in [0.1, 0.15) is 0 Å². The molecule has 0 saturated carbocycles. The first kappa shape index (κ1) is 22.8. The van der Waals surface area contributed by atoms with Gasteiger partial charge < -0.3 is 27.3 Å². The van der Waals surface area contributed by atoms with Crippen molar-refractivity contribution in [3.63, 3.8) is 0 Å². The van der Waals surface area contributed by atoms with Gasteiger partial charge in [0.1, 0.15) is 5.75 Å². The number of amides is 1. The van der Waals surface area contributed by atoms with Crippen LogP contribution in [-0.2, 0) is 14.8 Å². The van der Waals surface area contributed by atoms with Crippen LogP contribution in [0.25, 0.3) is 0 Å². The summed E-state index contributed by atoms with van der Waals surface area (Å²) in [4.78, 5) is 14.6. The van der Waals surface area contributed by atoms with Crippen LogP contribution in [0.2, 0.25) is 5.02 Å². The molecule has 148 valence electrons. The van der Waals surface area contributed by atoms with Crippen LogP contribution in [0, 0.1) is 0 Å². The van der Waals surface area contributed by atoms with Crippen molar-refractivity contribution in [2.45, 2.75) is 0 Å². The third kappa shape index (κ3) is 6.48. The highest BCUT2D eigenvalue weighted by molar-refractivity contribution is 7.92. The monoisotopic (exact) mass is 426 g/mol. The summed E-state index contributed by atoms with van der Waals surface area (Å²) < 4.78 is 25.3. The molecule has 1 fully saturated rings. The lowest BCUT2D eigenvalue weighted by atomic mass is 10.2. The van der Waals surface area contributed by atoms with Crippen molar-refractivity contribution in [3.8, 4) is 5.75 Å². The second kappa shape index (κ2) is 8.62. The summed E-state index contributed by atoms with van der Waals surface area (Å²) in [5.41, 5.74) is 0.201. The van der Waals surface area contributed by atoms with E-state index in [1.807, 2.05) is 7.05 Å². The van der Waals surface area contributed by atoms with Gasteiger partial charge in [-0.15, -0.1) is 0 Å². The molecule has 8 nitrogen and oxygen atoms in total. The van der Waals surface area contributed by atoms with Crippen LogP contribution in [-0.4, -0.2) is 81.9 Å². The Labute approximate surface area is 165 Å². The van der Waals surface area contributed by atoms with Crippen molar-refractivity contribution in [3.05, 3.63) is 17.2 Å². The van der Waals surface area contributed by atoms with Crippen molar-refractivity contribution < 1.29 is 35.2 Å². The number of halogens is 2. The predicted octanol–water partition coefficient (Wildman–Crippen LogP) is -2.25. The highest BCUT2D eigenvalue weighted by Gasteiger charge is 2.30. The van der Waals surface area contributed by atoms with E-state index in [1.54, 1.807) is 0 Å². The highest BCUT2D eigenvalue weighted by atomic mass is 35.5. The highest BCUT2D eigenvalue weighted by Crippen LogP contribution is 2.34. The number of phenols is 1. The van der Waals surface area contributed by atoms with E-state index in [4.69, 9.17) is 11.6 Å². The van der Waals surface area contributed by atoms with Gasteiger partial charge >= 0.3 is 0 Å². The summed E-state index contributed by atoms with van der Waals surface area (Å²) in [6.07, 6.45) is 0.968. The second-order valence-electron chi connectivity index (χ2n) is 6.80. The van der Waals surface area contributed by atoms with Crippen molar-refractivity contribution in [1.29, 1.82) is 0 Å². The van der Waals surface area contributed by atoms with E-state index in [9.17, 15) is 18.3 Å². The summed E-state index contributed by atoms with van der Waals surface area (Å²) in [6, 6.07) is 2.50. The average Bonchev–Trinajstić information content (AvgIpc) is 2.46. The van der Waals surface area contributed by atoms with Crippen molar-refractivity contribution in [2.24, 2.45) is 0 Å². The standard InChI is InChI=1S/C15H23ClN4O4S.ClH/c1-19-4-6-20(2,7-5-19)10-15(22)17-12-9-14(21)13(8-11(12)16)18-25(3,23)24;/h8-9,18H,4-7,10H2,1-3H3,(H-,17,21,22);1H. The number of quaternary nitrogens is 1. The number of nitrogens with zero attached hydrogens (tertiary/aromatic N) is 2. The minimum Gasteiger partial charge on any atom is -1.00 e. The van der Waals surface area contributed by atoms with Gasteiger partial charge in [-0.25, -0.2) is 8.42 Å². The topological polar surface area (TPSA) is 98.7 Å². The quantitative estimate of drug-likeness (QED) is 0.365. The first-order valence-corrected chi connectivity index (χ1v) is 10.1. The van der Waals surface area contributed by atoms with E-state index in [0.29, 0.717) is 11.0 Å². The molecule has 1 aliphatic rings. The lowest BCUT2D eigenvalue weighted by Crippen LogP contribution is -3.00. The Kier molecular flexibility index (Phi) is 7.55. The molecule has 0 radical (unpaired) electrons. The Balaban J connectivity index is 0.00000338. The molecule has 3 N–H and O–H groups in total. The van der Waals surface area contributed by atoms with E-state index in [1.165, 1.54) is 12.1 Å². The Bertz CT molecular complexity index is 765. The molecule has 11 heteroatoms. The molecule has 1 heterocycles. The van der Waals surface area contributed by atoms with E-state index in [-0.39, 0.29) is 40.5 Å². The minimum atomic E-state index is -3.55. The van der Waals surface area contributed by atoms with Crippen molar-refractivity contribution in [1.82, 2.24) is 4.90 Å². The number of sulfonamides is 1. The molecule has 1 aliphatic heterocycles. The second-order valence-corrected chi connectivity index (χ2v) is 8.96. The number of carbonyl (C=O) groups is 1. The predicted molar refractivity (Wildman–Crippen MR) is 98.5 cm³/mol. The maximum Gasteiger partial charge on any atom is 0.279 e. The number of anilines is 2. The Morgan fingerprint density at radius 1 is 1.31 bits per heavy atom. The number of likely N-dealkylation sites (N-methyl/N-ethyl adjacent to an activating group) is 2. The van der Waals surface area contributed by atoms with Gasteiger partial charge in [0, 0.05) is 19.2 Å². The Hall–Kier alpha value is -1.26. The zero-order valence-corrected chi connectivity index (χ0v) is 17.2. The number of piperazine rings is 1. The fourth-order valence-electron chi connectivity index (χ4n) is 2.68. The fraction of sp³-hybridized carbons (Fsp3) is 0.533. The first-order valence-electron chi connectivity index (χ1n) is 7.80. The van der Waals surface area contributed by atoms with Crippen LogP contribution in [0.3, 0.4) is 0 Å². The fourth-order valence-corrected chi connectivity index (χ4v) is 3.46. The molecule has 0 bridgehead atoms. The molecule has 1 amide bonds. The summed E-state index contributed by atoms with van der Waals surface area (Å²) in [5.74, 6) is -0.526. The van der Waals surface area contributed by atoms with E-state index in [2.05, 4.69) is 22.0 Å². The van der Waals surface area contributed by atoms with Crippen LogP contribution in [0.5, 0.6) is 5.75 Å². The third-order valence-corrected chi connectivity index (χ3v) is 5.13. The third-order valence-electron chi connectivity index (χ3n) is 4.22. The molecule has 0 spiro atoms. The van der Waals surface area contributed by atoms with Gasteiger partial charge in [-0.3, -0.25) is 14.4 Å². The van der Waals surface area contributed by atoms with E-state index in [0.717, 1.165) is 32.4 Å². The molecule has 1 saturated heterocycles. The van der Waals surface area contributed by atoms with Gasteiger partial charge in [0.2, 0.25) is 10.0 Å². The minimum absolute atomic E-state index is 0. The summed E-state index contributed by atoms with van der Waals surface area (Å²) in [7, 11) is 0.540. The molecule has 26 heavy (non-hydrogen) atoms. The zero-order chi connectivity index (χ0) is 18.8. The molecule has 1 aromatic rings. The number of aromatic hydroxyl groups is 1. The number of hydrogen-bond acceptors (Lipinski definition) is 5. The van der Waals surface area contributed by atoms with E-state index >= 15 is 0 Å². The molecule has 0 aromatic heterocycles. The van der Waals surface area contributed by atoms with Gasteiger partial charge in [0.05, 0.1) is 42.8 Å². The largest absolute Gasteiger partial charge is 1.00 e. The van der Waals surface area contributed by atoms with E-state index < -0.39 is 10.0 Å². The molecular weight excluding hydrogens is 403 g/mol. The maximum atomic E-state index is 12.4. The van der Waals surface area contributed by atoms with Crippen LogP contribution in [0.15, 0.2) is 12.1 Å². The zero-order valence-electron chi connectivity index (χ0n) is 14.9. The van der Waals surface area contributed by atoms with Crippen LogP contribution < -0.4 is 22.4 Å². The van der Waals surface area contributed by atoms with Gasteiger partial charge in [-0.1, -0.05) is 11.6 Å². The smallest absolute Gasteiger partial charge is 0.279 e. The maximum absolute atomic E-state index is 12.4. The molecular formula is C15H24Cl2N4O4S. The van der Waals surface area contributed by atoms with Crippen molar-refractivity contribution >= 4 is 38.9 Å². The van der Waals surface area contributed by atoms with Crippen LogP contribution in [0.4, 0.5) is 11.4 Å². The lowest BCUT2D eigenvalue weighted by Gasteiger charge is -2.40. The van der Waals surface area contributed by atoms with Gasteiger partial charge in [-0.05, 0) is 13.1 Å². The Morgan fingerprint density at radius 3 is 2.42 bits per heavy atom. The number of rotatable bonds is 5. The van der Waals surface area contributed by atoms with Gasteiger partial charge in [-0.2, -0.15) is 0 Å². The van der Waals surface area contributed by atoms with Gasteiger partial charge in [0.25, 0.3) is 5.91 Å². The normalized spacial score (nSPS) is 17.2. The summed E-state index contributed by atoms with van der Waals surface area (Å²) in [5, 5.41) is 12.8. The first-order chi connectivity index (χ1) is 11.5.